The van der Waals surface area contributed by atoms with Gasteiger partial charge in [-0.15, -0.1) is 0 Å². The molecule has 2 aromatic heterocycles. The highest BCUT2D eigenvalue weighted by Gasteiger charge is 2.34. The summed E-state index contributed by atoms with van der Waals surface area (Å²) in [6.45, 7) is 19.6. The second-order valence-corrected chi connectivity index (χ2v) is 19.5. The van der Waals surface area contributed by atoms with Gasteiger partial charge in [0.25, 0.3) is 0 Å². The molecule has 2 heterocycles. The molecule has 0 unspecified atom stereocenters. The maximum absolute atomic E-state index is 12.0. The van der Waals surface area contributed by atoms with Crippen molar-refractivity contribution in [3.05, 3.63) is 148 Å². The van der Waals surface area contributed by atoms with Crippen LogP contribution in [-0.4, -0.2) is 41.6 Å². The highest BCUT2D eigenvalue weighted by atomic mass is 35.5. The van der Waals surface area contributed by atoms with E-state index in [4.69, 9.17) is 35.3 Å². The van der Waals surface area contributed by atoms with Gasteiger partial charge in [0.1, 0.15) is 17.2 Å². The third-order valence-electron chi connectivity index (χ3n) is 13.3. The second kappa shape index (κ2) is 24.6. The van der Waals surface area contributed by atoms with Gasteiger partial charge in [0, 0.05) is 24.8 Å². The minimum absolute atomic E-state index is 0.0954. The van der Waals surface area contributed by atoms with Crippen LogP contribution in [0.1, 0.15) is 190 Å². The molecular formula is C57H71ClN2O7. The van der Waals surface area contributed by atoms with Crippen molar-refractivity contribution in [1.82, 2.24) is 9.97 Å². The molecule has 0 spiro atoms. The van der Waals surface area contributed by atoms with Gasteiger partial charge < -0.3 is 23.7 Å². The molecule has 3 saturated carbocycles. The van der Waals surface area contributed by atoms with E-state index in [1.807, 2.05) is 0 Å². The van der Waals surface area contributed by atoms with Crippen molar-refractivity contribution in [2.24, 2.45) is 17.8 Å². The molecule has 0 radical (unpaired) electrons. The summed E-state index contributed by atoms with van der Waals surface area (Å²) in [6, 6.07) is 26.1. The van der Waals surface area contributed by atoms with Gasteiger partial charge in [-0.3, -0.25) is 9.97 Å². The van der Waals surface area contributed by atoms with Crippen LogP contribution in [0.25, 0.3) is 0 Å². The summed E-state index contributed by atoms with van der Waals surface area (Å²) in [7, 11) is 0. The zero-order valence-corrected chi connectivity index (χ0v) is 41.8. The van der Waals surface area contributed by atoms with Crippen LogP contribution < -0.4 is 14.2 Å². The van der Waals surface area contributed by atoms with Crippen LogP contribution in [-0.2, 0) is 9.47 Å². The number of rotatable bonds is 19. The van der Waals surface area contributed by atoms with Crippen LogP contribution in [0.2, 0.25) is 0 Å². The summed E-state index contributed by atoms with van der Waals surface area (Å²) < 4.78 is 28.2. The molecule has 0 aliphatic heterocycles. The number of pyridine rings is 2. The summed E-state index contributed by atoms with van der Waals surface area (Å²) in [4.78, 5) is 32.0. The van der Waals surface area contributed by atoms with E-state index in [-0.39, 0.29) is 19.7 Å². The third-order valence-corrected chi connectivity index (χ3v) is 13.4. The molecule has 5 aromatic rings. The molecule has 0 bridgehead atoms. The highest BCUT2D eigenvalue weighted by molar-refractivity contribution is 6.17. The monoisotopic (exact) mass is 930 g/mol. The van der Waals surface area contributed by atoms with E-state index in [1.165, 1.54) is 73.2 Å². The Bertz CT molecular complexity index is 2210. The molecule has 358 valence electrons. The first-order valence-electron chi connectivity index (χ1n) is 24.3. The Morgan fingerprint density at radius 3 is 1.06 bits per heavy atom. The molecule has 0 saturated heterocycles. The van der Waals surface area contributed by atoms with E-state index in [2.05, 4.69) is 127 Å². The van der Waals surface area contributed by atoms with Gasteiger partial charge in [0.15, 0.2) is 6.07 Å². The summed E-state index contributed by atoms with van der Waals surface area (Å²) in [5.41, 5.74) is 8.20. The quantitative estimate of drug-likeness (QED) is 0.0454. The molecule has 3 aliphatic rings. The second-order valence-electron chi connectivity index (χ2n) is 19.3. The lowest BCUT2D eigenvalue weighted by Crippen LogP contribution is -2.13. The van der Waals surface area contributed by atoms with Crippen molar-refractivity contribution in [1.29, 1.82) is 0 Å². The molecule has 3 atom stereocenters. The SMILES string of the molecule is CC(C)c1cccc([C@H](C)C2CC2)c1OCCl.CC(C)c1cccc([C@H](C)C2CC2)c1OCOC(=O)c1cccnc1.CC(C)c1cccc([C@H](C)C2CC2)c1OCOC(=O)c1cccnc1. The number of aromatic nitrogens is 2. The topological polar surface area (TPSA) is 106 Å². The number of hydrogen-bond donors (Lipinski definition) is 0. The molecule has 3 aromatic carbocycles. The van der Waals surface area contributed by atoms with Crippen molar-refractivity contribution in [2.45, 2.75) is 136 Å². The number of halogens is 1. The number of carbonyl (C=O) groups is 2. The summed E-state index contributed by atoms with van der Waals surface area (Å²) >= 11 is 5.76. The van der Waals surface area contributed by atoms with Crippen LogP contribution in [0.15, 0.2) is 104 Å². The van der Waals surface area contributed by atoms with Gasteiger partial charge in [0.2, 0.25) is 13.6 Å². The van der Waals surface area contributed by atoms with E-state index in [9.17, 15) is 9.59 Å². The fourth-order valence-electron chi connectivity index (χ4n) is 8.68. The summed E-state index contributed by atoms with van der Waals surface area (Å²) in [5, 5.41) is 0. The normalized spacial score (nSPS) is 15.6. The number of esters is 2. The Labute approximate surface area is 404 Å². The van der Waals surface area contributed by atoms with E-state index in [1.54, 1.807) is 36.7 Å². The van der Waals surface area contributed by atoms with Crippen LogP contribution >= 0.6 is 11.6 Å². The van der Waals surface area contributed by atoms with Gasteiger partial charge in [-0.05, 0) is 149 Å². The van der Waals surface area contributed by atoms with E-state index < -0.39 is 11.9 Å². The number of carbonyl (C=O) groups excluding carboxylic acids is 2. The third kappa shape index (κ3) is 14.3. The maximum atomic E-state index is 12.0. The molecule has 3 fully saturated rings. The highest BCUT2D eigenvalue weighted by Crippen LogP contribution is 2.49. The smallest absolute Gasteiger partial charge is 0.342 e. The molecule has 0 N–H and O–H groups in total. The number of benzene rings is 3. The number of ether oxygens (including phenoxy) is 5. The van der Waals surface area contributed by atoms with E-state index in [0.717, 1.165) is 46.1 Å². The minimum atomic E-state index is -0.424. The largest absolute Gasteiger partial charge is 0.477 e. The molecule has 3 aliphatic carbocycles. The van der Waals surface area contributed by atoms with E-state index >= 15 is 0 Å². The van der Waals surface area contributed by atoms with E-state index in [0.29, 0.717) is 46.6 Å². The zero-order chi connectivity index (χ0) is 48.0. The van der Waals surface area contributed by atoms with Gasteiger partial charge in [-0.1, -0.05) is 129 Å². The van der Waals surface area contributed by atoms with Gasteiger partial charge in [0.05, 0.1) is 11.1 Å². The lowest BCUT2D eigenvalue weighted by atomic mass is 9.90. The Hall–Kier alpha value is -5.41. The molecule has 67 heavy (non-hydrogen) atoms. The van der Waals surface area contributed by atoms with Gasteiger partial charge >= 0.3 is 11.9 Å². The predicted molar refractivity (Wildman–Crippen MR) is 267 cm³/mol. The fraction of sp³-hybridized carbons (Fsp3) is 0.474. The van der Waals surface area contributed by atoms with Crippen molar-refractivity contribution < 1.29 is 33.3 Å². The Kier molecular flexibility index (Phi) is 18.7. The number of alkyl halides is 1. The lowest BCUT2D eigenvalue weighted by molar-refractivity contribution is 0.0136. The average molecular weight is 932 g/mol. The van der Waals surface area contributed by atoms with Crippen LogP contribution in [0.3, 0.4) is 0 Å². The van der Waals surface area contributed by atoms with Crippen LogP contribution in [0.5, 0.6) is 17.2 Å². The molecule has 8 rings (SSSR count). The predicted octanol–water partition coefficient (Wildman–Crippen LogP) is 14.7. The fourth-order valence-corrected chi connectivity index (χ4v) is 8.79. The number of hydrogen-bond acceptors (Lipinski definition) is 9. The molecule has 9 nitrogen and oxygen atoms in total. The minimum Gasteiger partial charge on any atom is -0.477 e. The summed E-state index contributed by atoms with van der Waals surface area (Å²) in [5.74, 6) is 6.91. The first kappa shape index (κ1) is 51.0. The van der Waals surface area contributed by atoms with Gasteiger partial charge in [-0.25, -0.2) is 9.59 Å². The van der Waals surface area contributed by atoms with Gasteiger partial charge in [-0.2, -0.15) is 0 Å². The number of para-hydroxylation sites is 3. The first-order valence-corrected chi connectivity index (χ1v) is 24.8. The Morgan fingerprint density at radius 2 is 0.791 bits per heavy atom. The first-order chi connectivity index (χ1) is 32.3. The van der Waals surface area contributed by atoms with Crippen molar-refractivity contribution >= 4 is 23.5 Å². The molecule has 10 heteroatoms. The van der Waals surface area contributed by atoms with Crippen molar-refractivity contribution in [2.75, 3.05) is 19.7 Å². The van der Waals surface area contributed by atoms with Crippen LogP contribution in [0.4, 0.5) is 0 Å². The van der Waals surface area contributed by atoms with Crippen molar-refractivity contribution in [3.8, 4) is 17.2 Å². The Morgan fingerprint density at radius 1 is 0.478 bits per heavy atom. The molecule has 0 amide bonds. The average Bonchev–Trinajstić information content (AvgIpc) is 4.17. The summed E-state index contributed by atoms with van der Waals surface area (Å²) in [6.07, 6.45) is 14.1. The molecular weight excluding hydrogens is 860 g/mol. The zero-order valence-electron chi connectivity index (χ0n) is 41.0. The van der Waals surface area contributed by atoms with Crippen molar-refractivity contribution in [3.63, 3.8) is 0 Å². The van der Waals surface area contributed by atoms with Crippen LogP contribution in [0, 0.1) is 17.8 Å². The number of nitrogens with zero attached hydrogens (tertiary/aromatic N) is 2. The lowest BCUT2D eigenvalue weighted by Gasteiger charge is -2.21. The standard InChI is InChI=1S/2C21H25NO3.C15H21ClO/c2*1-14(2)18-7-4-8-19(15(3)16-9-10-16)20(18)24-13-25-21(23)17-6-5-11-22-12-17;1-10(2)13-5-4-6-14(15(13)17-9-16)11(3)12-7-8-12/h2*4-8,11-12,14-16H,9-10,13H2,1-3H3;4-6,10-12H,7-9H2,1-3H3/t2*15-;11-/m111/s1. The Balaban J connectivity index is 0.000000169. The maximum Gasteiger partial charge on any atom is 0.342 e.